The van der Waals surface area contributed by atoms with E-state index in [2.05, 4.69) is 27.8 Å². The minimum atomic E-state index is -1.07. The number of carboxylic acids is 1. The third kappa shape index (κ3) is 5.82. The van der Waals surface area contributed by atoms with Crippen LogP contribution in [0, 0.1) is 5.92 Å². The second-order valence-electron chi connectivity index (χ2n) is 8.60. The molecule has 3 heterocycles. The summed E-state index contributed by atoms with van der Waals surface area (Å²) < 4.78 is 5.85. The van der Waals surface area contributed by atoms with Crippen molar-refractivity contribution in [1.82, 2.24) is 15.3 Å². The second kappa shape index (κ2) is 10.5. The zero-order valence-corrected chi connectivity index (χ0v) is 18.1. The number of fused-ring (bicyclic) bond motifs is 1. The Kier molecular flexibility index (Phi) is 7.32. The lowest BCUT2D eigenvalue weighted by Crippen LogP contribution is -2.42. The molecular weight excluding hydrogens is 408 g/mol. The molecule has 1 atom stereocenters. The lowest BCUT2D eigenvalue weighted by molar-refractivity contribution is -0.140. The van der Waals surface area contributed by atoms with E-state index in [9.17, 15) is 14.7 Å². The van der Waals surface area contributed by atoms with Gasteiger partial charge in [0.15, 0.2) is 0 Å². The molecular formula is C24H30N4O4. The molecule has 1 fully saturated rings. The number of pyridine rings is 2. The van der Waals surface area contributed by atoms with Crippen LogP contribution in [0.25, 0.3) is 0 Å². The van der Waals surface area contributed by atoms with E-state index in [-0.39, 0.29) is 12.5 Å². The molecule has 3 N–H and O–H groups in total. The molecule has 170 valence electrons. The number of anilines is 1. The maximum atomic E-state index is 12.2. The highest BCUT2D eigenvalue weighted by molar-refractivity contribution is 5.96. The van der Waals surface area contributed by atoms with Gasteiger partial charge < -0.3 is 20.5 Å². The number of aliphatic carboxylic acids is 1. The minimum absolute atomic E-state index is 0.168. The number of ether oxygens (including phenoxy) is 1. The smallest absolute Gasteiger partial charge is 0.326 e. The van der Waals surface area contributed by atoms with Gasteiger partial charge in [0.1, 0.15) is 11.9 Å². The summed E-state index contributed by atoms with van der Waals surface area (Å²) in [6.07, 6.45) is 9.68. The van der Waals surface area contributed by atoms with Gasteiger partial charge >= 0.3 is 5.97 Å². The standard InChI is InChI=1S/C24H30N4O4/c29-23(18-4-1-10-25-15-18)28-21(24(30)31)9-12-32-20-13-16(14-20)5-7-19-8-6-17-3-2-11-26-22(17)27-19/h1,4,6,8,10,15-16,20-21H,2-3,5,7,9,11-14H2,(H,26,27)(H,28,29)(H,30,31)/t16-,20+,21-/m0/s1. The summed E-state index contributed by atoms with van der Waals surface area (Å²) in [6, 6.07) is 6.59. The predicted molar refractivity (Wildman–Crippen MR) is 120 cm³/mol. The summed E-state index contributed by atoms with van der Waals surface area (Å²) in [4.78, 5) is 32.3. The van der Waals surface area contributed by atoms with Gasteiger partial charge in [-0.15, -0.1) is 0 Å². The Morgan fingerprint density at radius 3 is 2.94 bits per heavy atom. The Morgan fingerprint density at radius 2 is 2.16 bits per heavy atom. The van der Waals surface area contributed by atoms with Gasteiger partial charge in [0, 0.05) is 37.7 Å². The maximum absolute atomic E-state index is 12.2. The molecule has 1 amide bonds. The Balaban J connectivity index is 1.14. The number of carboxylic acid groups (broad SMARTS) is 1. The fourth-order valence-corrected chi connectivity index (χ4v) is 4.25. The van der Waals surface area contributed by atoms with E-state index in [0.29, 0.717) is 18.1 Å². The van der Waals surface area contributed by atoms with Crippen LogP contribution in [0.5, 0.6) is 0 Å². The first-order chi connectivity index (χ1) is 15.6. The van der Waals surface area contributed by atoms with E-state index >= 15 is 0 Å². The van der Waals surface area contributed by atoms with Crippen LogP contribution in [-0.2, 0) is 22.4 Å². The lowest BCUT2D eigenvalue weighted by Gasteiger charge is -2.35. The van der Waals surface area contributed by atoms with Gasteiger partial charge in [-0.3, -0.25) is 9.78 Å². The number of amides is 1. The largest absolute Gasteiger partial charge is 0.480 e. The molecule has 8 nitrogen and oxygen atoms in total. The summed E-state index contributed by atoms with van der Waals surface area (Å²) >= 11 is 0. The molecule has 4 rings (SSSR count). The van der Waals surface area contributed by atoms with Crippen LogP contribution in [-0.4, -0.2) is 52.2 Å². The molecule has 0 unspecified atom stereocenters. The van der Waals surface area contributed by atoms with E-state index in [1.54, 1.807) is 18.3 Å². The van der Waals surface area contributed by atoms with Gasteiger partial charge in [-0.05, 0) is 68.2 Å². The van der Waals surface area contributed by atoms with Crippen LogP contribution in [0.3, 0.4) is 0 Å². The van der Waals surface area contributed by atoms with Crippen LogP contribution >= 0.6 is 0 Å². The van der Waals surface area contributed by atoms with Crippen molar-refractivity contribution in [3.63, 3.8) is 0 Å². The van der Waals surface area contributed by atoms with Crippen LogP contribution in [0.15, 0.2) is 36.7 Å². The molecule has 32 heavy (non-hydrogen) atoms. The second-order valence-corrected chi connectivity index (χ2v) is 8.60. The zero-order chi connectivity index (χ0) is 22.3. The molecule has 0 bridgehead atoms. The summed E-state index contributed by atoms with van der Waals surface area (Å²) in [6.45, 7) is 1.31. The molecule has 2 aromatic rings. The quantitative estimate of drug-likeness (QED) is 0.523. The number of nitrogens with one attached hydrogen (secondary N) is 2. The monoisotopic (exact) mass is 438 g/mol. The third-order valence-electron chi connectivity index (χ3n) is 6.24. The van der Waals surface area contributed by atoms with Gasteiger partial charge in [-0.25, -0.2) is 9.78 Å². The molecule has 0 spiro atoms. The average molecular weight is 439 g/mol. The molecule has 0 saturated heterocycles. The molecule has 2 aromatic heterocycles. The van der Waals surface area contributed by atoms with E-state index in [1.165, 1.54) is 18.2 Å². The average Bonchev–Trinajstić information content (AvgIpc) is 2.79. The summed E-state index contributed by atoms with van der Waals surface area (Å²) in [5, 5.41) is 15.3. The van der Waals surface area contributed by atoms with Gasteiger partial charge in [0.2, 0.25) is 0 Å². The van der Waals surface area contributed by atoms with Crippen molar-refractivity contribution >= 4 is 17.7 Å². The molecule has 0 radical (unpaired) electrons. The topological polar surface area (TPSA) is 113 Å². The first-order valence-electron chi connectivity index (χ1n) is 11.4. The SMILES string of the molecule is O=C(N[C@@H](CCO[C@H]1C[C@@H](CCc2ccc3c(n2)NCCC3)C1)C(=O)O)c1cccnc1. The van der Waals surface area contributed by atoms with Crippen LogP contribution in [0.4, 0.5) is 5.82 Å². The Bertz CT molecular complexity index is 931. The van der Waals surface area contributed by atoms with Crippen LogP contribution in [0.1, 0.15) is 53.7 Å². The first kappa shape index (κ1) is 22.2. The highest BCUT2D eigenvalue weighted by Crippen LogP contribution is 2.34. The fraction of sp³-hybridized carbons (Fsp3) is 0.500. The zero-order valence-electron chi connectivity index (χ0n) is 18.1. The van der Waals surface area contributed by atoms with Crippen molar-refractivity contribution in [3.8, 4) is 0 Å². The third-order valence-corrected chi connectivity index (χ3v) is 6.24. The van der Waals surface area contributed by atoms with Crippen molar-refractivity contribution in [1.29, 1.82) is 0 Å². The summed E-state index contributed by atoms with van der Waals surface area (Å²) in [5.41, 5.74) is 2.79. The van der Waals surface area contributed by atoms with Gasteiger partial charge in [-0.2, -0.15) is 0 Å². The Labute approximate surface area is 187 Å². The normalized spacial score (nSPS) is 20.4. The number of nitrogens with zero attached hydrogens (tertiary/aromatic N) is 2. The Hall–Kier alpha value is -3.00. The molecule has 1 saturated carbocycles. The van der Waals surface area contributed by atoms with Gasteiger partial charge in [-0.1, -0.05) is 6.07 Å². The molecule has 0 aromatic carbocycles. The van der Waals surface area contributed by atoms with Crippen molar-refractivity contribution < 1.29 is 19.4 Å². The van der Waals surface area contributed by atoms with Crippen molar-refractivity contribution in [2.75, 3.05) is 18.5 Å². The lowest BCUT2D eigenvalue weighted by atomic mass is 9.79. The van der Waals surface area contributed by atoms with Crippen LogP contribution < -0.4 is 10.6 Å². The Morgan fingerprint density at radius 1 is 1.28 bits per heavy atom. The predicted octanol–water partition coefficient (Wildman–Crippen LogP) is 2.84. The number of hydrogen-bond acceptors (Lipinski definition) is 6. The summed E-state index contributed by atoms with van der Waals surface area (Å²) in [7, 11) is 0. The first-order valence-corrected chi connectivity index (χ1v) is 11.4. The fourth-order valence-electron chi connectivity index (χ4n) is 4.25. The van der Waals surface area contributed by atoms with Crippen LogP contribution in [0.2, 0.25) is 0 Å². The maximum Gasteiger partial charge on any atom is 0.326 e. The summed E-state index contributed by atoms with van der Waals surface area (Å²) in [5.74, 6) is 0.156. The number of hydrogen-bond donors (Lipinski definition) is 3. The van der Waals surface area contributed by atoms with Crippen molar-refractivity contribution in [3.05, 3.63) is 53.5 Å². The van der Waals surface area contributed by atoms with Gasteiger partial charge in [0.05, 0.1) is 11.7 Å². The van der Waals surface area contributed by atoms with Crippen molar-refractivity contribution in [2.24, 2.45) is 5.92 Å². The molecule has 2 aliphatic rings. The molecule has 1 aliphatic carbocycles. The number of carbonyl (C=O) groups excluding carboxylic acids is 1. The van der Waals surface area contributed by atoms with E-state index in [4.69, 9.17) is 9.72 Å². The highest BCUT2D eigenvalue weighted by atomic mass is 16.5. The highest BCUT2D eigenvalue weighted by Gasteiger charge is 2.30. The number of rotatable bonds is 10. The minimum Gasteiger partial charge on any atom is -0.480 e. The molecule has 1 aliphatic heterocycles. The van der Waals surface area contributed by atoms with Gasteiger partial charge in [0.25, 0.3) is 5.91 Å². The van der Waals surface area contributed by atoms with E-state index in [1.807, 2.05) is 0 Å². The van der Waals surface area contributed by atoms with Crippen molar-refractivity contribution in [2.45, 2.75) is 57.1 Å². The number of aryl methyl sites for hydroxylation is 2. The number of aromatic nitrogens is 2. The van der Waals surface area contributed by atoms with E-state index < -0.39 is 17.9 Å². The molecule has 8 heteroatoms. The van der Waals surface area contributed by atoms with E-state index in [0.717, 1.165) is 50.2 Å². The number of carbonyl (C=O) groups is 2.